The van der Waals surface area contributed by atoms with E-state index in [4.69, 9.17) is 5.11 Å². The van der Waals surface area contributed by atoms with Gasteiger partial charge >= 0.3 is 12.0 Å². The molecule has 0 unspecified atom stereocenters. The van der Waals surface area contributed by atoms with Gasteiger partial charge in [0.25, 0.3) is 0 Å². The lowest BCUT2D eigenvalue weighted by Gasteiger charge is -2.27. The number of amides is 2. The second-order valence-corrected chi connectivity index (χ2v) is 5.77. The van der Waals surface area contributed by atoms with E-state index in [0.29, 0.717) is 0 Å². The van der Waals surface area contributed by atoms with Crippen molar-refractivity contribution in [3.63, 3.8) is 0 Å². The fourth-order valence-corrected chi connectivity index (χ4v) is 2.80. The Hall–Kier alpha value is -2.04. The van der Waals surface area contributed by atoms with E-state index in [1.807, 2.05) is 35.2 Å². The van der Waals surface area contributed by atoms with Gasteiger partial charge in [-0.05, 0) is 18.4 Å². The average Bonchev–Trinajstić information content (AvgIpc) is 2.46. The van der Waals surface area contributed by atoms with Gasteiger partial charge in [0.05, 0.1) is 12.5 Å². The Labute approximate surface area is 131 Å². The lowest BCUT2D eigenvalue weighted by Crippen LogP contribution is -2.43. The maximum Gasteiger partial charge on any atom is 0.317 e. The molecular formula is C17H24N2O3. The molecule has 1 aliphatic heterocycles. The number of hydrogen-bond donors (Lipinski definition) is 2. The molecule has 0 aromatic heterocycles. The molecule has 1 saturated heterocycles. The molecule has 0 bridgehead atoms. The molecule has 0 saturated carbocycles. The van der Waals surface area contributed by atoms with Crippen LogP contribution in [0.3, 0.4) is 0 Å². The Morgan fingerprint density at radius 3 is 2.23 bits per heavy atom. The van der Waals surface area contributed by atoms with E-state index in [9.17, 15) is 9.59 Å². The molecule has 0 spiro atoms. The zero-order valence-corrected chi connectivity index (χ0v) is 12.8. The number of urea groups is 1. The highest BCUT2D eigenvalue weighted by Gasteiger charge is 2.21. The largest absolute Gasteiger partial charge is 0.481 e. The SMILES string of the molecule is O=C(O)C[C@H](NC(=O)N1CCCCCCC1)c1ccccc1. The summed E-state index contributed by atoms with van der Waals surface area (Å²) in [5, 5.41) is 12.0. The third-order valence-electron chi connectivity index (χ3n) is 4.02. The van der Waals surface area contributed by atoms with Crippen LogP contribution >= 0.6 is 0 Å². The van der Waals surface area contributed by atoms with Crippen molar-refractivity contribution in [1.82, 2.24) is 10.2 Å². The molecule has 1 atom stereocenters. The van der Waals surface area contributed by atoms with Crippen LogP contribution in [0.15, 0.2) is 30.3 Å². The van der Waals surface area contributed by atoms with E-state index in [-0.39, 0.29) is 12.5 Å². The van der Waals surface area contributed by atoms with Gasteiger partial charge in [0.1, 0.15) is 0 Å². The van der Waals surface area contributed by atoms with E-state index < -0.39 is 12.0 Å². The summed E-state index contributed by atoms with van der Waals surface area (Å²) in [7, 11) is 0. The normalized spacial score (nSPS) is 17.2. The highest BCUT2D eigenvalue weighted by atomic mass is 16.4. The van der Waals surface area contributed by atoms with Crippen molar-refractivity contribution in [1.29, 1.82) is 0 Å². The fourth-order valence-electron chi connectivity index (χ4n) is 2.80. The minimum atomic E-state index is -0.915. The van der Waals surface area contributed by atoms with Crippen molar-refractivity contribution < 1.29 is 14.7 Å². The minimum Gasteiger partial charge on any atom is -0.481 e. The topological polar surface area (TPSA) is 69.6 Å². The quantitative estimate of drug-likeness (QED) is 0.897. The highest BCUT2D eigenvalue weighted by Crippen LogP contribution is 2.18. The standard InChI is InChI=1S/C17H24N2O3/c20-16(21)13-15(14-9-5-4-6-10-14)18-17(22)19-11-7-2-1-3-8-12-19/h4-6,9-10,15H,1-3,7-8,11-13H2,(H,18,22)(H,20,21)/t15-/m0/s1. The Bertz CT molecular complexity index is 482. The number of carboxylic acid groups (broad SMARTS) is 1. The Morgan fingerprint density at radius 2 is 1.64 bits per heavy atom. The van der Waals surface area contributed by atoms with Gasteiger partial charge in [-0.2, -0.15) is 0 Å². The number of likely N-dealkylation sites (tertiary alicyclic amines) is 1. The van der Waals surface area contributed by atoms with Crippen molar-refractivity contribution in [2.24, 2.45) is 0 Å². The molecule has 1 fully saturated rings. The molecule has 2 rings (SSSR count). The van der Waals surface area contributed by atoms with Crippen LogP contribution in [-0.2, 0) is 4.79 Å². The number of carbonyl (C=O) groups is 2. The van der Waals surface area contributed by atoms with Gasteiger partial charge in [-0.25, -0.2) is 4.79 Å². The molecule has 1 heterocycles. The summed E-state index contributed by atoms with van der Waals surface area (Å²) in [6.45, 7) is 1.50. The van der Waals surface area contributed by atoms with Crippen LogP contribution in [0.1, 0.15) is 50.1 Å². The summed E-state index contributed by atoms with van der Waals surface area (Å²) in [6.07, 6.45) is 5.47. The van der Waals surface area contributed by atoms with Crippen molar-refractivity contribution in [2.75, 3.05) is 13.1 Å². The summed E-state index contributed by atoms with van der Waals surface area (Å²) in [5.41, 5.74) is 0.824. The first kappa shape index (κ1) is 16.3. The van der Waals surface area contributed by atoms with E-state index >= 15 is 0 Å². The van der Waals surface area contributed by atoms with E-state index in [1.165, 1.54) is 6.42 Å². The van der Waals surface area contributed by atoms with Crippen molar-refractivity contribution in [2.45, 2.75) is 44.6 Å². The Kier molecular flexibility index (Phi) is 6.25. The first-order chi connectivity index (χ1) is 10.7. The smallest absolute Gasteiger partial charge is 0.317 e. The molecule has 1 aromatic carbocycles. The number of benzene rings is 1. The van der Waals surface area contributed by atoms with Crippen molar-refractivity contribution in [3.05, 3.63) is 35.9 Å². The lowest BCUT2D eigenvalue weighted by molar-refractivity contribution is -0.137. The summed E-state index contributed by atoms with van der Waals surface area (Å²) in [6, 6.07) is 8.64. The zero-order chi connectivity index (χ0) is 15.8. The maximum atomic E-state index is 12.5. The van der Waals surface area contributed by atoms with Crippen molar-refractivity contribution >= 4 is 12.0 Å². The number of rotatable bonds is 4. The molecule has 5 nitrogen and oxygen atoms in total. The molecule has 2 N–H and O–H groups in total. The van der Waals surface area contributed by atoms with Gasteiger partial charge in [-0.3, -0.25) is 4.79 Å². The summed E-state index contributed by atoms with van der Waals surface area (Å²) >= 11 is 0. The van der Waals surface area contributed by atoms with Gasteiger partial charge in [-0.15, -0.1) is 0 Å². The number of nitrogens with zero attached hydrogens (tertiary/aromatic N) is 1. The number of carboxylic acids is 1. The molecule has 2 amide bonds. The van der Waals surface area contributed by atoms with Gasteiger partial charge in [0.2, 0.25) is 0 Å². The van der Waals surface area contributed by atoms with Crippen molar-refractivity contribution in [3.8, 4) is 0 Å². The van der Waals surface area contributed by atoms with Crippen LogP contribution in [0, 0.1) is 0 Å². The van der Waals surface area contributed by atoms with Crippen LogP contribution in [0.5, 0.6) is 0 Å². The van der Waals surface area contributed by atoms with Gasteiger partial charge in [-0.1, -0.05) is 49.6 Å². The number of carbonyl (C=O) groups excluding carboxylic acids is 1. The molecular weight excluding hydrogens is 280 g/mol. The predicted octanol–water partition coefficient (Wildman–Crippen LogP) is 3.18. The zero-order valence-electron chi connectivity index (χ0n) is 12.8. The monoisotopic (exact) mass is 304 g/mol. The van der Waals surface area contributed by atoms with Crippen LogP contribution in [0.4, 0.5) is 4.79 Å². The fraction of sp³-hybridized carbons (Fsp3) is 0.529. The molecule has 0 radical (unpaired) electrons. The highest BCUT2D eigenvalue weighted by molar-refractivity contribution is 5.76. The summed E-state index contributed by atoms with van der Waals surface area (Å²) in [5.74, 6) is -0.915. The molecule has 1 aliphatic rings. The van der Waals surface area contributed by atoms with Crippen LogP contribution in [0.25, 0.3) is 0 Å². The second-order valence-electron chi connectivity index (χ2n) is 5.77. The van der Waals surface area contributed by atoms with Gasteiger partial charge in [0, 0.05) is 13.1 Å². The first-order valence-electron chi connectivity index (χ1n) is 7.99. The average molecular weight is 304 g/mol. The molecule has 1 aromatic rings. The summed E-state index contributed by atoms with van der Waals surface area (Å²) < 4.78 is 0. The van der Waals surface area contributed by atoms with E-state index in [0.717, 1.165) is 44.3 Å². The molecule has 5 heteroatoms. The van der Waals surface area contributed by atoms with Crippen LogP contribution in [0.2, 0.25) is 0 Å². The Balaban J connectivity index is 2.02. The van der Waals surface area contributed by atoms with E-state index in [1.54, 1.807) is 0 Å². The predicted molar refractivity (Wildman–Crippen MR) is 84.6 cm³/mol. The number of nitrogens with one attached hydrogen (secondary N) is 1. The maximum absolute atomic E-state index is 12.5. The van der Waals surface area contributed by atoms with E-state index in [2.05, 4.69) is 5.32 Å². The summed E-state index contributed by atoms with van der Waals surface area (Å²) in [4.78, 5) is 25.3. The number of hydrogen-bond acceptors (Lipinski definition) is 2. The van der Waals surface area contributed by atoms with Gasteiger partial charge in [0.15, 0.2) is 0 Å². The molecule has 22 heavy (non-hydrogen) atoms. The third-order valence-corrected chi connectivity index (χ3v) is 4.02. The second kappa shape index (κ2) is 8.41. The lowest BCUT2D eigenvalue weighted by atomic mass is 10.0. The minimum absolute atomic E-state index is 0.108. The third kappa shape index (κ3) is 5.06. The first-order valence-corrected chi connectivity index (χ1v) is 7.99. The Morgan fingerprint density at radius 1 is 1.05 bits per heavy atom. The van der Waals surface area contributed by atoms with Crippen LogP contribution < -0.4 is 5.32 Å². The molecule has 0 aliphatic carbocycles. The van der Waals surface area contributed by atoms with Crippen LogP contribution in [-0.4, -0.2) is 35.1 Å². The van der Waals surface area contributed by atoms with Gasteiger partial charge < -0.3 is 15.3 Å². The number of aliphatic carboxylic acids is 1. The molecule has 120 valence electrons.